The van der Waals surface area contributed by atoms with Crippen molar-refractivity contribution in [2.45, 2.75) is 51.4 Å². The molecule has 2 fully saturated rings. The summed E-state index contributed by atoms with van der Waals surface area (Å²) in [5.74, 6) is 0. The van der Waals surface area contributed by atoms with E-state index in [0.717, 1.165) is 30.2 Å². The van der Waals surface area contributed by atoms with Crippen LogP contribution in [0.1, 0.15) is 32.3 Å². The third-order valence-corrected chi connectivity index (χ3v) is 4.62. The van der Waals surface area contributed by atoms with Gasteiger partial charge >= 0.3 is 0 Å². The predicted octanol–water partition coefficient (Wildman–Crippen LogP) is 3.31. The molecule has 0 spiro atoms. The minimum Gasteiger partial charge on any atom is -0.375 e. The third-order valence-electron chi connectivity index (χ3n) is 4.12. The summed E-state index contributed by atoms with van der Waals surface area (Å²) >= 11 is 3.61. The highest BCUT2D eigenvalue weighted by Crippen LogP contribution is 2.30. The number of benzene rings is 1. The van der Waals surface area contributed by atoms with Crippen molar-refractivity contribution in [3.8, 4) is 0 Å². The second-order valence-electron chi connectivity index (χ2n) is 6.07. The van der Waals surface area contributed by atoms with Gasteiger partial charge in [0.05, 0.1) is 12.7 Å². The second-order valence-corrected chi connectivity index (χ2v) is 6.99. The molecule has 1 aromatic carbocycles. The van der Waals surface area contributed by atoms with Crippen molar-refractivity contribution in [2.75, 3.05) is 18.1 Å². The normalized spacial score (nSPS) is 26.9. The molecule has 1 aromatic rings. The number of anilines is 1. The Morgan fingerprint density at radius 1 is 1.35 bits per heavy atom. The number of nitrogens with one attached hydrogen (secondary N) is 1. The van der Waals surface area contributed by atoms with Crippen LogP contribution in [0.5, 0.6) is 0 Å². The Morgan fingerprint density at radius 2 is 2.15 bits per heavy atom. The van der Waals surface area contributed by atoms with Crippen molar-refractivity contribution in [3.63, 3.8) is 0 Å². The topological polar surface area (TPSA) is 24.5 Å². The fraction of sp³-hybridized carbons (Fsp3) is 0.625. The summed E-state index contributed by atoms with van der Waals surface area (Å²) in [6, 6.07) is 7.80. The molecule has 1 N–H and O–H groups in total. The second kappa shape index (κ2) is 6.04. The van der Waals surface area contributed by atoms with E-state index in [4.69, 9.17) is 4.74 Å². The Bertz CT molecular complexity index is 476. The van der Waals surface area contributed by atoms with Crippen LogP contribution in [-0.4, -0.2) is 31.3 Å². The highest BCUT2D eigenvalue weighted by molar-refractivity contribution is 9.10. The van der Waals surface area contributed by atoms with Crippen LogP contribution in [-0.2, 0) is 11.3 Å². The largest absolute Gasteiger partial charge is 0.375 e. The van der Waals surface area contributed by atoms with Crippen molar-refractivity contribution in [3.05, 3.63) is 28.2 Å². The number of ether oxygens (including phenoxy) is 1. The molecule has 2 atom stereocenters. The van der Waals surface area contributed by atoms with Crippen LogP contribution in [0.25, 0.3) is 0 Å². The first-order valence-corrected chi connectivity index (χ1v) is 8.33. The SMILES string of the molecule is CC1CN(c2cc(Br)ccc2CNC2CC2)C(C)CO1. The van der Waals surface area contributed by atoms with E-state index in [-0.39, 0.29) is 0 Å². The van der Waals surface area contributed by atoms with Crippen molar-refractivity contribution in [1.82, 2.24) is 5.32 Å². The monoisotopic (exact) mass is 338 g/mol. The van der Waals surface area contributed by atoms with Crippen LogP contribution in [0.15, 0.2) is 22.7 Å². The highest BCUT2D eigenvalue weighted by atomic mass is 79.9. The Hall–Kier alpha value is -0.580. The lowest BCUT2D eigenvalue weighted by Crippen LogP contribution is -2.48. The first-order valence-electron chi connectivity index (χ1n) is 7.53. The predicted molar refractivity (Wildman–Crippen MR) is 86.2 cm³/mol. The van der Waals surface area contributed by atoms with E-state index in [1.165, 1.54) is 24.1 Å². The summed E-state index contributed by atoms with van der Waals surface area (Å²) in [5, 5.41) is 3.62. The lowest BCUT2D eigenvalue weighted by atomic mass is 10.1. The number of rotatable bonds is 4. The van der Waals surface area contributed by atoms with E-state index < -0.39 is 0 Å². The molecule has 1 aliphatic heterocycles. The fourth-order valence-corrected chi connectivity index (χ4v) is 3.08. The fourth-order valence-electron chi connectivity index (χ4n) is 2.73. The van der Waals surface area contributed by atoms with Gasteiger partial charge in [-0.3, -0.25) is 0 Å². The van der Waals surface area contributed by atoms with Crippen molar-refractivity contribution < 1.29 is 4.74 Å². The standard InChI is InChI=1S/C16H23BrN2O/c1-11-10-20-12(2)9-19(11)16-7-14(17)4-3-13(16)8-18-15-5-6-15/h3-4,7,11-12,15,18H,5-6,8-10H2,1-2H3. The van der Waals surface area contributed by atoms with Crippen molar-refractivity contribution in [1.29, 1.82) is 0 Å². The Labute approximate surface area is 129 Å². The molecule has 3 nitrogen and oxygen atoms in total. The summed E-state index contributed by atoms with van der Waals surface area (Å²) in [5.41, 5.74) is 2.73. The van der Waals surface area contributed by atoms with E-state index in [1.54, 1.807) is 0 Å². The summed E-state index contributed by atoms with van der Waals surface area (Å²) < 4.78 is 6.90. The van der Waals surface area contributed by atoms with Gasteiger partial charge in [0.2, 0.25) is 0 Å². The van der Waals surface area contributed by atoms with Crippen molar-refractivity contribution >= 4 is 21.6 Å². The van der Waals surface area contributed by atoms with Crippen LogP contribution in [0, 0.1) is 0 Å². The maximum Gasteiger partial charge on any atom is 0.0723 e. The smallest absolute Gasteiger partial charge is 0.0723 e. The molecule has 0 amide bonds. The van der Waals surface area contributed by atoms with Gasteiger partial charge in [0.1, 0.15) is 0 Å². The van der Waals surface area contributed by atoms with Crippen LogP contribution >= 0.6 is 15.9 Å². The van der Waals surface area contributed by atoms with E-state index in [2.05, 4.69) is 58.2 Å². The molecule has 1 heterocycles. The third kappa shape index (κ3) is 3.35. The molecule has 1 aliphatic carbocycles. The van der Waals surface area contributed by atoms with E-state index in [1.807, 2.05) is 0 Å². The number of halogens is 1. The van der Waals surface area contributed by atoms with Gasteiger partial charge in [0.25, 0.3) is 0 Å². The molecule has 4 heteroatoms. The summed E-state index contributed by atoms with van der Waals surface area (Å²) in [4.78, 5) is 2.49. The molecular formula is C16H23BrN2O. The van der Waals surface area contributed by atoms with Crippen LogP contribution in [0.4, 0.5) is 5.69 Å². The van der Waals surface area contributed by atoms with E-state index in [0.29, 0.717) is 12.1 Å². The number of morpholine rings is 1. The maximum atomic E-state index is 5.75. The lowest BCUT2D eigenvalue weighted by Gasteiger charge is -2.39. The zero-order chi connectivity index (χ0) is 14.1. The summed E-state index contributed by atoms with van der Waals surface area (Å²) in [6.07, 6.45) is 2.96. The molecular weight excluding hydrogens is 316 g/mol. The summed E-state index contributed by atoms with van der Waals surface area (Å²) in [7, 11) is 0. The molecule has 110 valence electrons. The van der Waals surface area contributed by atoms with Gasteiger partial charge in [-0.15, -0.1) is 0 Å². The van der Waals surface area contributed by atoms with Crippen molar-refractivity contribution in [2.24, 2.45) is 0 Å². The van der Waals surface area contributed by atoms with Crippen LogP contribution < -0.4 is 10.2 Å². The van der Waals surface area contributed by atoms with Crippen LogP contribution in [0.3, 0.4) is 0 Å². The number of nitrogens with zero attached hydrogens (tertiary/aromatic N) is 1. The molecule has 2 aliphatic rings. The molecule has 1 saturated carbocycles. The average molecular weight is 339 g/mol. The molecule has 0 radical (unpaired) electrons. The quantitative estimate of drug-likeness (QED) is 0.911. The zero-order valence-electron chi connectivity index (χ0n) is 12.2. The van der Waals surface area contributed by atoms with Gasteiger partial charge in [-0.05, 0) is 44.4 Å². The summed E-state index contributed by atoms with van der Waals surface area (Å²) in [6.45, 7) is 7.13. The maximum absolute atomic E-state index is 5.75. The lowest BCUT2D eigenvalue weighted by molar-refractivity contribution is 0.0343. The van der Waals surface area contributed by atoms with Gasteiger partial charge in [0, 0.05) is 35.3 Å². The highest BCUT2D eigenvalue weighted by Gasteiger charge is 2.26. The number of hydrogen-bond donors (Lipinski definition) is 1. The first kappa shape index (κ1) is 14.4. The van der Waals surface area contributed by atoms with E-state index >= 15 is 0 Å². The first-order chi connectivity index (χ1) is 9.63. The molecule has 20 heavy (non-hydrogen) atoms. The molecule has 3 rings (SSSR count). The van der Waals surface area contributed by atoms with Gasteiger partial charge < -0.3 is 15.0 Å². The van der Waals surface area contributed by atoms with Gasteiger partial charge in [-0.25, -0.2) is 0 Å². The van der Waals surface area contributed by atoms with E-state index in [9.17, 15) is 0 Å². The zero-order valence-corrected chi connectivity index (χ0v) is 13.8. The molecule has 2 unspecified atom stereocenters. The number of hydrogen-bond acceptors (Lipinski definition) is 3. The Balaban J connectivity index is 1.82. The average Bonchev–Trinajstić information content (AvgIpc) is 3.24. The molecule has 1 saturated heterocycles. The molecule has 0 bridgehead atoms. The molecule has 0 aromatic heterocycles. The van der Waals surface area contributed by atoms with Gasteiger partial charge in [-0.1, -0.05) is 22.0 Å². The minimum absolute atomic E-state index is 0.300. The van der Waals surface area contributed by atoms with Gasteiger partial charge in [0.15, 0.2) is 0 Å². The Morgan fingerprint density at radius 3 is 2.90 bits per heavy atom. The minimum atomic E-state index is 0.300. The Kier molecular flexibility index (Phi) is 4.34. The van der Waals surface area contributed by atoms with Crippen LogP contribution in [0.2, 0.25) is 0 Å². The van der Waals surface area contributed by atoms with Gasteiger partial charge in [-0.2, -0.15) is 0 Å².